The molecule has 0 aromatic heterocycles. The minimum atomic E-state index is 0.938. The van der Waals surface area contributed by atoms with Gasteiger partial charge in [0.1, 0.15) is 0 Å². The van der Waals surface area contributed by atoms with Crippen molar-refractivity contribution in [1.82, 2.24) is 5.32 Å². The smallest absolute Gasteiger partial charge is 0.0375 e. The quantitative estimate of drug-likeness (QED) is 0.831. The Morgan fingerprint density at radius 3 is 3.12 bits per heavy atom. The topological polar surface area (TPSA) is 24.1 Å². The second kappa shape index (κ2) is 4.69. The summed E-state index contributed by atoms with van der Waals surface area (Å²) in [6.07, 6.45) is 3.92. The van der Waals surface area contributed by atoms with Crippen molar-refractivity contribution in [2.45, 2.75) is 32.7 Å². The highest BCUT2D eigenvalue weighted by atomic mass is 14.9. The third kappa shape index (κ3) is 2.47. The second-order valence-corrected chi connectivity index (χ2v) is 5.58. The summed E-state index contributed by atoms with van der Waals surface area (Å²) < 4.78 is 0. The van der Waals surface area contributed by atoms with Crippen molar-refractivity contribution in [3.8, 4) is 0 Å². The summed E-state index contributed by atoms with van der Waals surface area (Å²) in [6.45, 7) is 5.70. The minimum absolute atomic E-state index is 0.938. The monoisotopic (exact) mass is 230 g/mol. The molecule has 0 spiro atoms. The predicted molar refractivity (Wildman–Crippen MR) is 72.2 cm³/mol. The maximum atomic E-state index is 3.62. The first-order chi connectivity index (χ1) is 8.34. The Bertz CT molecular complexity index is 400. The molecule has 2 unspecified atom stereocenters. The van der Waals surface area contributed by atoms with E-state index in [4.69, 9.17) is 0 Å². The molecular formula is C15H22N2. The minimum Gasteiger partial charge on any atom is -0.385 e. The van der Waals surface area contributed by atoms with E-state index in [0.29, 0.717) is 0 Å². The van der Waals surface area contributed by atoms with E-state index in [1.54, 1.807) is 0 Å². The average Bonchev–Trinajstić information content (AvgIpc) is 3.06. The SMILES string of the molecule is CC1CC1CNCc1cccc2c1CCCN2. The number of hydrogen-bond donors (Lipinski definition) is 2. The van der Waals surface area contributed by atoms with Gasteiger partial charge in [-0.05, 0) is 54.8 Å². The molecule has 1 fully saturated rings. The summed E-state index contributed by atoms with van der Waals surface area (Å²) in [5, 5.41) is 7.11. The Morgan fingerprint density at radius 1 is 1.41 bits per heavy atom. The van der Waals surface area contributed by atoms with Gasteiger partial charge in [0.05, 0.1) is 0 Å². The van der Waals surface area contributed by atoms with Gasteiger partial charge >= 0.3 is 0 Å². The molecular weight excluding hydrogens is 208 g/mol. The molecule has 1 aliphatic heterocycles. The van der Waals surface area contributed by atoms with Crippen LogP contribution in [0.25, 0.3) is 0 Å². The van der Waals surface area contributed by atoms with Crippen LogP contribution in [0.4, 0.5) is 5.69 Å². The van der Waals surface area contributed by atoms with E-state index in [-0.39, 0.29) is 0 Å². The zero-order valence-corrected chi connectivity index (χ0v) is 10.6. The number of rotatable bonds is 4. The summed E-state index contributed by atoms with van der Waals surface area (Å²) in [7, 11) is 0. The second-order valence-electron chi connectivity index (χ2n) is 5.58. The molecule has 17 heavy (non-hydrogen) atoms. The third-order valence-electron chi connectivity index (χ3n) is 4.19. The van der Waals surface area contributed by atoms with Gasteiger partial charge in [-0.3, -0.25) is 0 Å². The van der Waals surface area contributed by atoms with E-state index < -0.39 is 0 Å². The Labute approximate surface area is 104 Å². The van der Waals surface area contributed by atoms with Crippen LogP contribution < -0.4 is 10.6 Å². The lowest BCUT2D eigenvalue weighted by molar-refractivity contribution is 0.608. The van der Waals surface area contributed by atoms with Crippen LogP contribution in [-0.4, -0.2) is 13.1 Å². The molecule has 3 rings (SSSR count). The molecule has 2 aliphatic rings. The van der Waals surface area contributed by atoms with Crippen molar-refractivity contribution in [2.75, 3.05) is 18.4 Å². The zero-order chi connectivity index (χ0) is 11.7. The number of hydrogen-bond acceptors (Lipinski definition) is 2. The van der Waals surface area contributed by atoms with E-state index >= 15 is 0 Å². The van der Waals surface area contributed by atoms with Crippen molar-refractivity contribution >= 4 is 5.69 Å². The number of fused-ring (bicyclic) bond motifs is 1. The van der Waals surface area contributed by atoms with E-state index in [1.807, 2.05) is 0 Å². The highest BCUT2D eigenvalue weighted by molar-refractivity contribution is 5.56. The summed E-state index contributed by atoms with van der Waals surface area (Å²) in [4.78, 5) is 0. The fraction of sp³-hybridized carbons (Fsp3) is 0.600. The van der Waals surface area contributed by atoms with Crippen LogP contribution in [0.15, 0.2) is 18.2 Å². The first-order valence-corrected chi connectivity index (χ1v) is 6.90. The van der Waals surface area contributed by atoms with Crippen LogP contribution in [0.3, 0.4) is 0 Å². The maximum Gasteiger partial charge on any atom is 0.0375 e. The van der Waals surface area contributed by atoms with E-state index in [2.05, 4.69) is 35.8 Å². The van der Waals surface area contributed by atoms with Crippen molar-refractivity contribution < 1.29 is 0 Å². The van der Waals surface area contributed by atoms with Gasteiger partial charge in [0.15, 0.2) is 0 Å². The third-order valence-corrected chi connectivity index (χ3v) is 4.19. The lowest BCUT2D eigenvalue weighted by Gasteiger charge is -2.21. The molecule has 0 saturated heterocycles. The molecule has 2 atom stereocenters. The highest BCUT2D eigenvalue weighted by Gasteiger charge is 2.31. The molecule has 2 nitrogen and oxygen atoms in total. The van der Waals surface area contributed by atoms with Crippen molar-refractivity contribution in [3.05, 3.63) is 29.3 Å². The first-order valence-electron chi connectivity index (χ1n) is 6.90. The highest BCUT2D eigenvalue weighted by Crippen LogP contribution is 2.36. The van der Waals surface area contributed by atoms with Crippen molar-refractivity contribution in [3.63, 3.8) is 0 Å². The van der Waals surface area contributed by atoms with E-state index in [9.17, 15) is 0 Å². The molecule has 92 valence electrons. The molecule has 0 bridgehead atoms. The number of nitrogens with one attached hydrogen (secondary N) is 2. The fourth-order valence-corrected chi connectivity index (χ4v) is 2.83. The first kappa shape index (κ1) is 11.1. The van der Waals surface area contributed by atoms with Crippen LogP contribution >= 0.6 is 0 Å². The normalized spacial score (nSPS) is 26.2. The number of benzene rings is 1. The molecule has 2 heteroatoms. The van der Waals surface area contributed by atoms with Gasteiger partial charge in [-0.25, -0.2) is 0 Å². The molecule has 1 aromatic carbocycles. The van der Waals surface area contributed by atoms with Gasteiger partial charge in [-0.1, -0.05) is 19.1 Å². The molecule has 1 saturated carbocycles. The Hall–Kier alpha value is -1.02. The summed E-state index contributed by atoms with van der Waals surface area (Å²) in [5.74, 6) is 1.89. The molecule has 2 N–H and O–H groups in total. The molecule has 1 aromatic rings. The molecule has 1 aliphatic carbocycles. The Morgan fingerprint density at radius 2 is 2.29 bits per heavy atom. The lowest BCUT2D eigenvalue weighted by atomic mass is 9.97. The van der Waals surface area contributed by atoms with Crippen LogP contribution in [0.2, 0.25) is 0 Å². The van der Waals surface area contributed by atoms with E-state index in [1.165, 1.54) is 42.6 Å². The van der Waals surface area contributed by atoms with Crippen LogP contribution in [-0.2, 0) is 13.0 Å². The van der Waals surface area contributed by atoms with Gasteiger partial charge < -0.3 is 10.6 Å². The van der Waals surface area contributed by atoms with Crippen molar-refractivity contribution in [2.24, 2.45) is 11.8 Å². The molecule has 1 heterocycles. The standard InChI is InChI=1S/C15H22N2/c1-11-8-13(11)10-16-9-12-4-2-6-15-14(12)5-3-7-17-15/h2,4,6,11,13,16-17H,3,5,7-10H2,1H3. The summed E-state index contributed by atoms with van der Waals surface area (Å²) in [6, 6.07) is 6.66. The summed E-state index contributed by atoms with van der Waals surface area (Å²) in [5.41, 5.74) is 4.38. The predicted octanol–water partition coefficient (Wildman–Crippen LogP) is 2.79. The molecule has 0 amide bonds. The van der Waals surface area contributed by atoms with Gasteiger partial charge in [0, 0.05) is 18.8 Å². The van der Waals surface area contributed by atoms with Gasteiger partial charge in [0.25, 0.3) is 0 Å². The van der Waals surface area contributed by atoms with E-state index in [0.717, 1.165) is 24.9 Å². The van der Waals surface area contributed by atoms with Crippen LogP contribution in [0, 0.1) is 11.8 Å². The maximum absolute atomic E-state index is 3.62. The Kier molecular flexibility index (Phi) is 3.06. The largest absolute Gasteiger partial charge is 0.385 e. The van der Waals surface area contributed by atoms with Crippen LogP contribution in [0.1, 0.15) is 30.9 Å². The average molecular weight is 230 g/mol. The van der Waals surface area contributed by atoms with Gasteiger partial charge in [-0.15, -0.1) is 0 Å². The lowest BCUT2D eigenvalue weighted by Crippen LogP contribution is -2.20. The van der Waals surface area contributed by atoms with Crippen LogP contribution in [0.5, 0.6) is 0 Å². The zero-order valence-electron chi connectivity index (χ0n) is 10.6. The van der Waals surface area contributed by atoms with Gasteiger partial charge in [0.2, 0.25) is 0 Å². The number of anilines is 1. The summed E-state index contributed by atoms with van der Waals surface area (Å²) >= 11 is 0. The fourth-order valence-electron chi connectivity index (χ4n) is 2.83. The van der Waals surface area contributed by atoms with Crippen molar-refractivity contribution in [1.29, 1.82) is 0 Å². The molecule has 0 radical (unpaired) electrons. The Balaban J connectivity index is 1.61. The van der Waals surface area contributed by atoms with Gasteiger partial charge in [-0.2, -0.15) is 0 Å².